The molecular weight excluding hydrogens is 468 g/mol. The van der Waals surface area contributed by atoms with E-state index >= 15 is 0 Å². The van der Waals surface area contributed by atoms with E-state index in [1.807, 2.05) is 67.6 Å². The van der Waals surface area contributed by atoms with E-state index in [1.165, 1.54) is 11.8 Å². The van der Waals surface area contributed by atoms with Gasteiger partial charge in [0.15, 0.2) is 5.16 Å². The van der Waals surface area contributed by atoms with Crippen molar-refractivity contribution in [2.24, 2.45) is 0 Å². The van der Waals surface area contributed by atoms with Crippen molar-refractivity contribution in [2.45, 2.75) is 23.8 Å². The molecule has 172 valence electrons. The van der Waals surface area contributed by atoms with Crippen molar-refractivity contribution in [3.8, 4) is 0 Å². The van der Waals surface area contributed by atoms with Gasteiger partial charge >= 0.3 is 0 Å². The van der Waals surface area contributed by atoms with E-state index in [9.17, 15) is 4.79 Å². The summed E-state index contributed by atoms with van der Waals surface area (Å²) in [7, 11) is 0. The molecule has 0 spiro atoms. The molecule has 1 unspecified atom stereocenters. The van der Waals surface area contributed by atoms with Crippen LogP contribution in [0.25, 0.3) is 0 Å². The Bertz CT molecular complexity index is 1170. The highest BCUT2D eigenvalue weighted by Crippen LogP contribution is 2.27. The van der Waals surface area contributed by atoms with Crippen LogP contribution in [0.5, 0.6) is 0 Å². The number of rotatable bonds is 9. The Kier molecular flexibility index (Phi) is 7.95. The minimum Gasteiger partial charge on any atom is -0.325 e. The van der Waals surface area contributed by atoms with Gasteiger partial charge in [-0.3, -0.25) is 4.79 Å². The van der Waals surface area contributed by atoms with Crippen molar-refractivity contribution in [1.82, 2.24) is 15.0 Å². The van der Waals surface area contributed by atoms with Gasteiger partial charge in [0.2, 0.25) is 17.8 Å². The molecule has 1 aromatic heterocycles. The van der Waals surface area contributed by atoms with E-state index in [-0.39, 0.29) is 5.91 Å². The number of aromatic nitrogens is 3. The fourth-order valence-electron chi connectivity index (χ4n) is 3.03. The number of carbonyl (C=O) groups is 1. The maximum absolute atomic E-state index is 12.9. The number of anilines is 5. The second-order valence-electron chi connectivity index (χ2n) is 7.26. The van der Waals surface area contributed by atoms with Crippen LogP contribution in [0.4, 0.5) is 29.0 Å². The topological polar surface area (TPSA) is 91.8 Å². The zero-order chi connectivity index (χ0) is 23.8. The molecule has 0 aliphatic rings. The van der Waals surface area contributed by atoms with Crippen molar-refractivity contribution in [1.29, 1.82) is 0 Å². The van der Waals surface area contributed by atoms with E-state index in [0.29, 0.717) is 34.2 Å². The van der Waals surface area contributed by atoms with Gasteiger partial charge in [-0.15, -0.1) is 0 Å². The van der Waals surface area contributed by atoms with Crippen LogP contribution in [0, 0.1) is 0 Å². The molecule has 0 aliphatic carbocycles. The lowest BCUT2D eigenvalue weighted by molar-refractivity contribution is -0.115. The third-order valence-electron chi connectivity index (χ3n) is 4.70. The van der Waals surface area contributed by atoms with Crippen LogP contribution in [0.1, 0.15) is 13.3 Å². The standard InChI is InChI=1S/C25H23ClN6OS/c1-2-21(22(33)27-20-15-13-17(26)14-16-20)34-25-31-23(28-18-9-5-3-6-10-18)30-24(32-25)29-19-11-7-4-8-12-19/h3-16,21H,2H2,1H3,(H,27,33)(H2,28,29,30,31,32). The molecule has 3 N–H and O–H groups in total. The van der Waals surface area contributed by atoms with Crippen LogP contribution in [-0.2, 0) is 4.79 Å². The van der Waals surface area contributed by atoms with Gasteiger partial charge in [-0.05, 0) is 55.0 Å². The highest BCUT2D eigenvalue weighted by molar-refractivity contribution is 8.00. The van der Waals surface area contributed by atoms with Gasteiger partial charge in [0.25, 0.3) is 0 Å². The quantitative estimate of drug-likeness (QED) is 0.230. The molecule has 34 heavy (non-hydrogen) atoms. The van der Waals surface area contributed by atoms with Gasteiger partial charge in [-0.25, -0.2) is 0 Å². The van der Waals surface area contributed by atoms with Gasteiger partial charge in [0, 0.05) is 22.1 Å². The molecule has 0 fully saturated rings. The Balaban J connectivity index is 1.56. The lowest BCUT2D eigenvalue weighted by Crippen LogP contribution is -2.25. The monoisotopic (exact) mass is 490 g/mol. The minimum absolute atomic E-state index is 0.134. The summed E-state index contributed by atoms with van der Waals surface area (Å²) < 4.78 is 0. The van der Waals surface area contributed by atoms with Crippen LogP contribution >= 0.6 is 23.4 Å². The number of carbonyl (C=O) groups excluding carboxylic acids is 1. The fraction of sp³-hybridized carbons (Fsp3) is 0.120. The van der Waals surface area contributed by atoms with Crippen LogP contribution in [0.3, 0.4) is 0 Å². The molecule has 0 bridgehead atoms. The summed E-state index contributed by atoms with van der Waals surface area (Å²) in [6.45, 7) is 1.95. The van der Waals surface area contributed by atoms with Crippen LogP contribution in [0.15, 0.2) is 90.1 Å². The van der Waals surface area contributed by atoms with Gasteiger partial charge in [-0.1, -0.05) is 66.7 Å². The summed E-state index contributed by atoms with van der Waals surface area (Å²) in [5, 5.41) is 9.99. The zero-order valence-corrected chi connectivity index (χ0v) is 20.0. The first kappa shape index (κ1) is 23.5. The molecule has 4 aromatic rings. The van der Waals surface area contributed by atoms with Gasteiger partial charge in [0.1, 0.15) is 0 Å². The van der Waals surface area contributed by atoms with Crippen LogP contribution in [0.2, 0.25) is 5.02 Å². The van der Waals surface area contributed by atoms with Crippen LogP contribution < -0.4 is 16.0 Å². The number of benzene rings is 3. The number of para-hydroxylation sites is 2. The van der Waals surface area contributed by atoms with Crippen LogP contribution in [-0.4, -0.2) is 26.1 Å². The molecule has 9 heteroatoms. The van der Waals surface area contributed by atoms with E-state index in [0.717, 1.165) is 11.4 Å². The largest absolute Gasteiger partial charge is 0.325 e. The summed E-state index contributed by atoms with van der Waals surface area (Å²) in [5.41, 5.74) is 2.38. The second-order valence-corrected chi connectivity index (χ2v) is 8.86. The third kappa shape index (κ3) is 6.69. The third-order valence-corrected chi connectivity index (χ3v) is 6.17. The Morgan fingerprint density at radius 1 is 0.794 bits per heavy atom. The first-order valence-electron chi connectivity index (χ1n) is 10.7. The summed E-state index contributed by atoms with van der Waals surface area (Å²) in [6, 6.07) is 26.3. The first-order valence-corrected chi connectivity index (χ1v) is 12.0. The average Bonchev–Trinajstić information content (AvgIpc) is 2.85. The van der Waals surface area contributed by atoms with Crippen molar-refractivity contribution in [3.63, 3.8) is 0 Å². The lowest BCUT2D eigenvalue weighted by Gasteiger charge is -2.15. The molecule has 0 radical (unpaired) electrons. The average molecular weight is 491 g/mol. The molecular formula is C25H23ClN6OS. The number of amides is 1. The van der Waals surface area contributed by atoms with Crippen molar-refractivity contribution < 1.29 is 4.79 Å². The molecule has 4 rings (SSSR count). The first-order chi connectivity index (χ1) is 16.6. The fourth-order valence-corrected chi connectivity index (χ4v) is 4.02. The van der Waals surface area contributed by atoms with Gasteiger partial charge in [-0.2, -0.15) is 15.0 Å². The number of nitrogens with one attached hydrogen (secondary N) is 3. The molecule has 3 aromatic carbocycles. The minimum atomic E-state index is -0.396. The summed E-state index contributed by atoms with van der Waals surface area (Å²) in [6.07, 6.45) is 0.596. The molecule has 7 nitrogen and oxygen atoms in total. The maximum atomic E-state index is 12.9. The van der Waals surface area contributed by atoms with E-state index in [4.69, 9.17) is 11.6 Å². The zero-order valence-electron chi connectivity index (χ0n) is 18.4. The smallest absolute Gasteiger partial charge is 0.237 e. The second kappa shape index (κ2) is 11.5. The van der Waals surface area contributed by atoms with Crippen molar-refractivity contribution in [3.05, 3.63) is 90.0 Å². The highest BCUT2D eigenvalue weighted by atomic mass is 35.5. The SMILES string of the molecule is CCC(Sc1nc(Nc2ccccc2)nc(Nc2ccccc2)n1)C(=O)Nc1ccc(Cl)cc1. The predicted molar refractivity (Wildman–Crippen MR) is 139 cm³/mol. The molecule has 1 atom stereocenters. The normalized spacial score (nSPS) is 11.5. The Morgan fingerprint density at radius 3 is 1.82 bits per heavy atom. The van der Waals surface area contributed by atoms with E-state index in [2.05, 4.69) is 30.9 Å². The Labute approximate surface area is 207 Å². The van der Waals surface area contributed by atoms with Crippen molar-refractivity contribution >= 4 is 58.2 Å². The van der Waals surface area contributed by atoms with Crippen molar-refractivity contribution in [2.75, 3.05) is 16.0 Å². The summed E-state index contributed by atoms with van der Waals surface area (Å²) >= 11 is 7.23. The molecule has 1 amide bonds. The highest BCUT2D eigenvalue weighted by Gasteiger charge is 2.21. The number of nitrogens with zero attached hydrogens (tertiary/aromatic N) is 3. The molecule has 0 saturated carbocycles. The van der Waals surface area contributed by atoms with E-state index in [1.54, 1.807) is 24.3 Å². The van der Waals surface area contributed by atoms with Gasteiger partial charge in [0.05, 0.1) is 5.25 Å². The Hall–Kier alpha value is -3.62. The number of thioether (sulfide) groups is 1. The molecule has 0 aliphatic heterocycles. The molecule has 0 saturated heterocycles. The maximum Gasteiger partial charge on any atom is 0.237 e. The number of hydrogen-bond acceptors (Lipinski definition) is 7. The lowest BCUT2D eigenvalue weighted by atomic mass is 10.3. The predicted octanol–water partition coefficient (Wildman–Crippen LogP) is 6.52. The molecule has 1 heterocycles. The number of hydrogen-bond donors (Lipinski definition) is 3. The van der Waals surface area contributed by atoms with E-state index < -0.39 is 5.25 Å². The van der Waals surface area contributed by atoms with Gasteiger partial charge < -0.3 is 16.0 Å². The Morgan fingerprint density at radius 2 is 1.32 bits per heavy atom. The summed E-state index contributed by atoms with van der Waals surface area (Å²) in [4.78, 5) is 26.5. The summed E-state index contributed by atoms with van der Waals surface area (Å²) in [5.74, 6) is 0.635. The number of halogens is 1.